The van der Waals surface area contributed by atoms with Gasteiger partial charge in [-0.15, -0.1) is 0 Å². The summed E-state index contributed by atoms with van der Waals surface area (Å²) in [5.41, 5.74) is 2.72. The molecule has 1 unspecified atom stereocenters. The number of aromatic nitrogens is 4. The van der Waals surface area contributed by atoms with Crippen molar-refractivity contribution < 1.29 is 14.3 Å². The zero-order chi connectivity index (χ0) is 18.1. The third kappa shape index (κ3) is 2.86. The minimum Gasteiger partial charge on any atom is -0.493 e. The predicted octanol–water partition coefficient (Wildman–Crippen LogP) is 1.66. The number of carbonyl (C=O) groups excluding carboxylic acids is 1. The number of H-pyrrole nitrogens is 2. The Morgan fingerprint density at radius 3 is 2.81 bits per heavy atom. The van der Waals surface area contributed by atoms with Gasteiger partial charge in [0.15, 0.2) is 17.3 Å². The molecule has 26 heavy (non-hydrogen) atoms. The number of amides is 1. The second-order valence-electron chi connectivity index (χ2n) is 6.11. The van der Waals surface area contributed by atoms with Crippen LogP contribution in [-0.4, -0.2) is 52.9 Å². The number of ether oxygens (including phenoxy) is 2. The number of methoxy groups -OCH3 is 2. The van der Waals surface area contributed by atoms with Crippen molar-refractivity contribution in [1.82, 2.24) is 25.5 Å². The SMILES string of the molecule is COc1cc2nc(-c3[nH]ncc3NC(=O)C3CCCN3)[nH]c2cc1OC. The van der Waals surface area contributed by atoms with Gasteiger partial charge in [-0.2, -0.15) is 5.10 Å². The van der Waals surface area contributed by atoms with E-state index >= 15 is 0 Å². The van der Waals surface area contributed by atoms with E-state index in [9.17, 15) is 4.79 Å². The van der Waals surface area contributed by atoms with Crippen LogP contribution in [0.2, 0.25) is 0 Å². The Kier molecular flexibility index (Phi) is 4.21. The Balaban J connectivity index is 1.65. The maximum Gasteiger partial charge on any atom is 0.241 e. The highest BCUT2D eigenvalue weighted by Crippen LogP contribution is 2.33. The molecule has 1 atom stereocenters. The van der Waals surface area contributed by atoms with Crippen LogP contribution < -0.4 is 20.1 Å². The van der Waals surface area contributed by atoms with Gasteiger partial charge in [-0.05, 0) is 19.4 Å². The van der Waals surface area contributed by atoms with Gasteiger partial charge >= 0.3 is 0 Å². The Bertz CT molecular complexity index is 900. The van der Waals surface area contributed by atoms with Crippen LogP contribution in [-0.2, 0) is 4.79 Å². The van der Waals surface area contributed by atoms with Gasteiger partial charge in [0.25, 0.3) is 0 Å². The van der Waals surface area contributed by atoms with Crippen molar-refractivity contribution in [3.63, 3.8) is 0 Å². The second-order valence-corrected chi connectivity index (χ2v) is 6.11. The first-order valence-electron chi connectivity index (χ1n) is 8.39. The van der Waals surface area contributed by atoms with E-state index < -0.39 is 0 Å². The van der Waals surface area contributed by atoms with E-state index in [1.807, 2.05) is 6.07 Å². The maximum absolute atomic E-state index is 12.4. The van der Waals surface area contributed by atoms with Crippen molar-refractivity contribution in [2.75, 3.05) is 26.1 Å². The molecule has 136 valence electrons. The normalized spacial score (nSPS) is 16.8. The van der Waals surface area contributed by atoms with Gasteiger partial charge < -0.3 is 25.1 Å². The largest absolute Gasteiger partial charge is 0.493 e. The lowest BCUT2D eigenvalue weighted by Gasteiger charge is -2.10. The lowest BCUT2D eigenvalue weighted by Crippen LogP contribution is -2.35. The summed E-state index contributed by atoms with van der Waals surface area (Å²) in [6, 6.07) is 3.45. The highest BCUT2D eigenvalue weighted by Gasteiger charge is 2.24. The summed E-state index contributed by atoms with van der Waals surface area (Å²) < 4.78 is 10.6. The van der Waals surface area contributed by atoms with E-state index in [4.69, 9.17) is 9.47 Å². The highest BCUT2D eigenvalue weighted by atomic mass is 16.5. The van der Waals surface area contributed by atoms with E-state index in [0.717, 1.165) is 30.4 Å². The van der Waals surface area contributed by atoms with Gasteiger partial charge in [0.05, 0.1) is 43.2 Å². The molecule has 1 fully saturated rings. The molecule has 1 aliphatic heterocycles. The van der Waals surface area contributed by atoms with Crippen LogP contribution in [0.3, 0.4) is 0 Å². The molecule has 0 spiro atoms. The molecule has 1 amide bonds. The van der Waals surface area contributed by atoms with E-state index in [2.05, 4.69) is 30.8 Å². The number of imidazole rings is 1. The lowest BCUT2D eigenvalue weighted by molar-refractivity contribution is -0.117. The van der Waals surface area contributed by atoms with Crippen molar-refractivity contribution >= 4 is 22.6 Å². The molecule has 0 bridgehead atoms. The molecule has 3 heterocycles. The summed E-state index contributed by atoms with van der Waals surface area (Å²) in [7, 11) is 3.16. The molecular weight excluding hydrogens is 336 g/mol. The standard InChI is InChI=1S/C17H20N6O3/c1-25-13-6-10-11(7-14(13)26-2)21-16(20-10)15-12(8-19-23-15)22-17(24)9-4-3-5-18-9/h6-9,18H,3-5H2,1-2H3,(H,19,23)(H,20,21)(H,22,24). The predicted molar refractivity (Wildman–Crippen MR) is 96.4 cm³/mol. The monoisotopic (exact) mass is 356 g/mol. The first kappa shape index (κ1) is 16.4. The second kappa shape index (κ2) is 6.68. The fraction of sp³-hybridized carbons (Fsp3) is 0.353. The van der Waals surface area contributed by atoms with Gasteiger partial charge in [-0.3, -0.25) is 9.89 Å². The summed E-state index contributed by atoms with van der Waals surface area (Å²) in [4.78, 5) is 20.2. The maximum atomic E-state index is 12.4. The van der Waals surface area contributed by atoms with Gasteiger partial charge in [0.1, 0.15) is 5.69 Å². The van der Waals surface area contributed by atoms with Gasteiger partial charge in [0, 0.05) is 12.1 Å². The minimum atomic E-state index is -0.165. The van der Waals surface area contributed by atoms with E-state index in [1.54, 1.807) is 26.5 Å². The summed E-state index contributed by atoms with van der Waals surface area (Å²) in [6.45, 7) is 0.865. The van der Waals surface area contributed by atoms with Crippen LogP contribution in [0.1, 0.15) is 12.8 Å². The molecule has 4 N–H and O–H groups in total. The molecule has 4 rings (SSSR count). The number of aromatic amines is 2. The number of anilines is 1. The zero-order valence-corrected chi connectivity index (χ0v) is 14.5. The summed E-state index contributed by atoms with van der Waals surface area (Å²) in [5.74, 6) is 1.72. The molecule has 9 heteroatoms. The molecule has 0 aliphatic carbocycles. The number of nitrogens with one attached hydrogen (secondary N) is 4. The van der Waals surface area contributed by atoms with Crippen molar-refractivity contribution in [1.29, 1.82) is 0 Å². The minimum absolute atomic E-state index is 0.0652. The highest BCUT2D eigenvalue weighted by molar-refractivity contribution is 5.98. The number of benzene rings is 1. The number of hydrogen-bond acceptors (Lipinski definition) is 6. The Labute approximate surface area is 149 Å². The first-order valence-corrected chi connectivity index (χ1v) is 8.39. The van der Waals surface area contributed by atoms with Crippen molar-refractivity contribution in [3.05, 3.63) is 18.3 Å². The molecule has 1 aliphatic rings. The van der Waals surface area contributed by atoms with Crippen LogP contribution >= 0.6 is 0 Å². The molecule has 3 aromatic rings. The van der Waals surface area contributed by atoms with Crippen molar-refractivity contribution in [2.45, 2.75) is 18.9 Å². The molecular formula is C17H20N6O3. The van der Waals surface area contributed by atoms with E-state index in [1.165, 1.54) is 0 Å². The lowest BCUT2D eigenvalue weighted by atomic mass is 10.2. The van der Waals surface area contributed by atoms with Gasteiger partial charge in [-0.25, -0.2) is 4.98 Å². The molecule has 0 radical (unpaired) electrons. The average Bonchev–Trinajstić information content (AvgIpc) is 3.39. The van der Waals surface area contributed by atoms with Crippen molar-refractivity contribution in [3.8, 4) is 23.0 Å². The number of rotatable bonds is 5. The number of fused-ring (bicyclic) bond motifs is 1. The molecule has 0 saturated carbocycles. The number of nitrogens with zero attached hydrogens (tertiary/aromatic N) is 2. The third-order valence-corrected chi connectivity index (χ3v) is 4.50. The average molecular weight is 356 g/mol. The zero-order valence-electron chi connectivity index (χ0n) is 14.5. The van der Waals surface area contributed by atoms with E-state index in [-0.39, 0.29) is 11.9 Å². The Morgan fingerprint density at radius 2 is 2.08 bits per heavy atom. The fourth-order valence-corrected chi connectivity index (χ4v) is 3.14. The fourth-order valence-electron chi connectivity index (χ4n) is 3.14. The number of carbonyl (C=O) groups is 1. The molecule has 1 aromatic carbocycles. The number of hydrogen-bond donors (Lipinski definition) is 4. The Hall–Kier alpha value is -3.07. The van der Waals surface area contributed by atoms with Gasteiger partial charge in [0.2, 0.25) is 5.91 Å². The summed E-state index contributed by atoms with van der Waals surface area (Å²) >= 11 is 0. The molecule has 1 saturated heterocycles. The smallest absolute Gasteiger partial charge is 0.241 e. The van der Waals surface area contributed by atoms with Crippen LogP contribution in [0.5, 0.6) is 11.5 Å². The Morgan fingerprint density at radius 1 is 1.27 bits per heavy atom. The van der Waals surface area contributed by atoms with Crippen LogP contribution in [0.15, 0.2) is 18.3 Å². The van der Waals surface area contributed by atoms with Crippen LogP contribution in [0, 0.1) is 0 Å². The summed E-state index contributed by atoms with van der Waals surface area (Å²) in [6.07, 6.45) is 3.42. The topological polar surface area (TPSA) is 117 Å². The summed E-state index contributed by atoms with van der Waals surface area (Å²) in [5, 5.41) is 13.0. The quantitative estimate of drug-likeness (QED) is 0.552. The molecule has 9 nitrogen and oxygen atoms in total. The third-order valence-electron chi connectivity index (χ3n) is 4.50. The van der Waals surface area contributed by atoms with Gasteiger partial charge in [-0.1, -0.05) is 0 Å². The molecule has 2 aromatic heterocycles. The van der Waals surface area contributed by atoms with E-state index in [0.29, 0.717) is 28.7 Å². The van der Waals surface area contributed by atoms with Crippen LogP contribution in [0.4, 0.5) is 5.69 Å². The first-order chi connectivity index (χ1) is 12.7. The van der Waals surface area contributed by atoms with Crippen LogP contribution in [0.25, 0.3) is 22.6 Å². The van der Waals surface area contributed by atoms with Crippen molar-refractivity contribution in [2.24, 2.45) is 0 Å².